The van der Waals surface area contributed by atoms with Crippen molar-refractivity contribution < 1.29 is 28.5 Å². The average Bonchev–Trinajstić information content (AvgIpc) is 3.27. The molecule has 0 spiro atoms. The van der Waals surface area contributed by atoms with E-state index in [2.05, 4.69) is 31.2 Å². The summed E-state index contributed by atoms with van der Waals surface area (Å²) in [5.74, 6) is 0.0602. The Bertz CT molecular complexity index is 891. The van der Waals surface area contributed by atoms with Crippen molar-refractivity contribution in [3.63, 3.8) is 0 Å². The van der Waals surface area contributed by atoms with Crippen LogP contribution in [0.5, 0.6) is 0 Å². The lowest BCUT2D eigenvalue weighted by Gasteiger charge is -2.19. The van der Waals surface area contributed by atoms with Crippen LogP contribution in [0.3, 0.4) is 0 Å². The number of likely N-dealkylation sites (N-methyl/N-ethyl adjacent to an activating group) is 1. The van der Waals surface area contributed by atoms with Crippen LogP contribution in [0.4, 0.5) is 4.79 Å². The number of nitrogens with zero attached hydrogens (tertiary/aromatic N) is 1. The third kappa shape index (κ3) is 10.0. The van der Waals surface area contributed by atoms with Gasteiger partial charge < -0.3 is 28.6 Å². The topological polar surface area (TPSA) is 66.5 Å². The molecule has 0 heterocycles. The van der Waals surface area contributed by atoms with E-state index in [0.717, 1.165) is 13.0 Å². The van der Waals surface area contributed by atoms with Crippen LogP contribution in [0.2, 0.25) is 0 Å². The molecule has 0 bridgehead atoms. The monoisotopic (exact) mass is 527 g/mol. The lowest BCUT2D eigenvalue weighted by atomic mass is 9.98. The Balaban J connectivity index is 1.16. The molecular weight excluding hydrogens is 482 g/mol. The first-order valence-corrected chi connectivity index (χ1v) is 14.1. The van der Waals surface area contributed by atoms with Crippen molar-refractivity contribution in [2.45, 2.75) is 44.9 Å². The van der Waals surface area contributed by atoms with Gasteiger partial charge in [-0.3, -0.25) is 0 Å². The maximum Gasteiger partial charge on any atom is 0.409 e. The smallest absolute Gasteiger partial charge is 0.409 e. The van der Waals surface area contributed by atoms with Gasteiger partial charge in [-0.1, -0.05) is 81.1 Å². The predicted octanol–water partition coefficient (Wildman–Crippen LogP) is 5.90. The molecule has 0 N–H and O–H groups in total. The number of unbranched alkanes of at least 4 members (excludes halogenated alkanes) is 4. The van der Waals surface area contributed by atoms with Gasteiger partial charge in [0.1, 0.15) is 6.61 Å². The summed E-state index contributed by atoms with van der Waals surface area (Å²) in [7, 11) is 1.73. The van der Waals surface area contributed by atoms with Crippen LogP contribution in [0.25, 0.3) is 11.1 Å². The zero-order valence-electron chi connectivity index (χ0n) is 23.2. The van der Waals surface area contributed by atoms with Gasteiger partial charge in [-0.15, -0.1) is 0 Å². The van der Waals surface area contributed by atoms with Gasteiger partial charge in [-0.05, 0) is 28.7 Å². The molecule has 7 heteroatoms. The van der Waals surface area contributed by atoms with Gasteiger partial charge in [0.15, 0.2) is 0 Å². The van der Waals surface area contributed by atoms with Crippen molar-refractivity contribution in [2.75, 3.05) is 73.1 Å². The normalized spacial score (nSPS) is 12.4. The van der Waals surface area contributed by atoms with Crippen molar-refractivity contribution in [1.82, 2.24) is 4.90 Å². The SMILES string of the molecule is CCCCCCCOCCOCCOCCOCCN(C)C(=O)OCC1c2ccccc2-c2ccccc21. The fraction of sp³-hybridized carbons (Fsp3) is 0.581. The Labute approximate surface area is 228 Å². The zero-order valence-corrected chi connectivity index (χ0v) is 23.2. The molecule has 0 fully saturated rings. The summed E-state index contributed by atoms with van der Waals surface area (Å²) in [5.41, 5.74) is 4.85. The number of carbonyl (C=O) groups is 1. The van der Waals surface area contributed by atoms with E-state index >= 15 is 0 Å². The number of benzene rings is 2. The first-order chi connectivity index (χ1) is 18.7. The molecule has 0 aromatic heterocycles. The highest BCUT2D eigenvalue weighted by atomic mass is 16.6. The Morgan fingerprint density at radius 1 is 0.684 bits per heavy atom. The molecule has 3 rings (SSSR count). The standard InChI is InChI=1S/C31H45NO6/c1-3-4-5-6-11-17-34-19-21-36-23-24-37-22-20-35-18-16-32(2)31(33)38-25-30-28-14-9-7-12-26(28)27-13-8-10-15-29(27)30/h7-10,12-15,30H,3-6,11,16-25H2,1-2H3. The van der Waals surface area contributed by atoms with Gasteiger partial charge in [0.25, 0.3) is 0 Å². The average molecular weight is 528 g/mol. The van der Waals surface area contributed by atoms with Crippen LogP contribution in [0.15, 0.2) is 48.5 Å². The number of hydrogen-bond acceptors (Lipinski definition) is 6. The van der Waals surface area contributed by atoms with E-state index < -0.39 is 0 Å². The second kappa shape index (κ2) is 17.9. The van der Waals surface area contributed by atoms with Crippen molar-refractivity contribution in [3.8, 4) is 11.1 Å². The van der Waals surface area contributed by atoms with Crippen LogP contribution >= 0.6 is 0 Å². The van der Waals surface area contributed by atoms with Crippen LogP contribution in [-0.2, 0) is 23.7 Å². The number of ether oxygens (including phenoxy) is 5. The molecule has 0 aliphatic heterocycles. The fourth-order valence-electron chi connectivity index (χ4n) is 4.57. The van der Waals surface area contributed by atoms with E-state index in [1.807, 2.05) is 24.3 Å². The van der Waals surface area contributed by atoms with E-state index in [4.69, 9.17) is 23.7 Å². The summed E-state index contributed by atoms with van der Waals surface area (Å²) in [4.78, 5) is 14.1. The molecule has 7 nitrogen and oxygen atoms in total. The second-order valence-electron chi connectivity index (χ2n) is 9.59. The molecule has 0 unspecified atom stereocenters. The second-order valence-corrected chi connectivity index (χ2v) is 9.59. The van der Waals surface area contributed by atoms with Crippen LogP contribution in [0.1, 0.15) is 56.1 Å². The molecule has 2 aromatic rings. The van der Waals surface area contributed by atoms with Gasteiger partial charge >= 0.3 is 6.09 Å². The van der Waals surface area contributed by atoms with E-state index in [1.54, 1.807) is 11.9 Å². The van der Waals surface area contributed by atoms with Gasteiger partial charge in [-0.2, -0.15) is 0 Å². The number of fused-ring (bicyclic) bond motifs is 3. The highest BCUT2D eigenvalue weighted by Crippen LogP contribution is 2.44. The summed E-state index contributed by atoms with van der Waals surface area (Å²) in [6.07, 6.45) is 5.91. The molecule has 1 aliphatic rings. The summed E-state index contributed by atoms with van der Waals surface area (Å²) >= 11 is 0. The molecule has 1 aliphatic carbocycles. The summed E-state index contributed by atoms with van der Waals surface area (Å²) in [5, 5.41) is 0. The van der Waals surface area contributed by atoms with Gasteiger partial charge in [0, 0.05) is 26.1 Å². The summed E-state index contributed by atoms with van der Waals surface area (Å²) < 4.78 is 27.9. The highest BCUT2D eigenvalue weighted by molar-refractivity contribution is 5.79. The lowest BCUT2D eigenvalue weighted by Crippen LogP contribution is -2.32. The Hall–Kier alpha value is -2.45. The Morgan fingerprint density at radius 3 is 1.76 bits per heavy atom. The molecule has 0 saturated carbocycles. The number of amides is 1. The molecule has 0 radical (unpaired) electrons. The largest absolute Gasteiger partial charge is 0.448 e. The predicted molar refractivity (Wildman–Crippen MR) is 150 cm³/mol. The van der Waals surface area contributed by atoms with Crippen molar-refractivity contribution in [1.29, 1.82) is 0 Å². The number of rotatable bonds is 20. The molecular formula is C31H45NO6. The first-order valence-electron chi connectivity index (χ1n) is 14.1. The third-order valence-corrected chi connectivity index (χ3v) is 6.73. The van der Waals surface area contributed by atoms with Gasteiger partial charge in [-0.25, -0.2) is 4.79 Å². The molecule has 0 atom stereocenters. The van der Waals surface area contributed by atoms with Crippen LogP contribution < -0.4 is 0 Å². The molecule has 210 valence electrons. The van der Waals surface area contributed by atoms with E-state index in [0.29, 0.717) is 59.4 Å². The van der Waals surface area contributed by atoms with Crippen molar-refractivity contribution in [3.05, 3.63) is 59.7 Å². The Morgan fingerprint density at radius 2 is 1.18 bits per heavy atom. The van der Waals surface area contributed by atoms with E-state index in [9.17, 15) is 4.79 Å². The highest BCUT2D eigenvalue weighted by Gasteiger charge is 2.29. The minimum absolute atomic E-state index is 0.0602. The van der Waals surface area contributed by atoms with Gasteiger partial charge in [0.05, 0.1) is 46.2 Å². The molecule has 0 saturated heterocycles. The Kier molecular flexibility index (Phi) is 14.2. The first kappa shape index (κ1) is 30.1. The number of hydrogen-bond donors (Lipinski definition) is 0. The molecule has 1 amide bonds. The molecule has 2 aromatic carbocycles. The van der Waals surface area contributed by atoms with E-state index in [-0.39, 0.29) is 12.0 Å². The van der Waals surface area contributed by atoms with Crippen molar-refractivity contribution >= 4 is 6.09 Å². The quantitative estimate of drug-likeness (QED) is 0.200. The zero-order chi connectivity index (χ0) is 26.8. The summed E-state index contributed by atoms with van der Waals surface area (Å²) in [6, 6.07) is 16.7. The van der Waals surface area contributed by atoms with Crippen molar-refractivity contribution in [2.24, 2.45) is 0 Å². The van der Waals surface area contributed by atoms with E-state index in [1.165, 1.54) is 47.9 Å². The third-order valence-electron chi connectivity index (χ3n) is 6.73. The lowest BCUT2D eigenvalue weighted by molar-refractivity contribution is -0.00376. The van der Waals surface area contributed by atoms with Crippen LogP contribution in [-0.4, -0.2) is 84.0 Å². The molecule has 38 heavy (non-hydrogen) atoms. The maximum absolute atomic E-state index is 12.5. The summed E-state index contributed by atoms with van der Waals surface area (Å²) in [6.45, 7) is 7.51. The number of carbonyl (C=O) groups excluding carboxylic acids is 1. The minimum atomic E-state index is -0.343. The minimum Gasteiger partial charge on any atom is -0.448 e. The maximum atomic E-state index is 12.5. The van der Waals surface area contributed by atoms with Crippen LogP contribution in [0, 0.1) is 0 Å². The fourth-order valence-corrected chi connectivity index (χ4v) is 4.57. The van der Waals surface area contributed by atoms with Gasteiger partial charge in [0.2, 0.25) is 0 Å².